The van der Waals surface area contributed by atoms with Crippen molar-refractivity contribution >= 4 is 11.8 Å². The van der Waals surface area contributed by atoms with Crippen LogP contribution in [0.5, 0.6) is 5.75 Å². The van der Waals surface area contributed by atoms with Gasteiger partial charge < -0.3 is 14.6 Å². The lowest BCUT2D eigenvalue weighted by Gasteiger charge is -2.31. The predicted molar refractivity (Wildman–Crippen MR) is 91.6 cm³/mol. The highest BCUT2D eigenvalue weighted by Gasteiger charge is 2.46. The molecule has 132 valence electrons. The summed E-state index contributed by atoms with van der Waals surface area (Å²) in [5.74, 6) is 0.576. The summed E-state index contributed by atoms with van der Waals surface area (Å²) >= 11 is 0. The van der Waals surface area contributed by atoms with Gasteiger partial charge in [0.05, 0.1) is 18.8 Å². The number of hydrogen-bond acceptors (Lipinski definition) is 6. The highest BCUT2D eigenvalue weighted by molar-refractivity contribution is 5.94. The van der Waals surface area contributed by atoms with E-state index < -0.39 is 12.2 Å². The summed E-state index contributed by atoms with van der Waals surface area (Å²) in [5.41, 5.74) is 11.4. The highest BCUT2D eigenvalue weighted by atomic mass is 16.6. The topological polar surface area (TPSA) is 121 Å². The molecule has 2 aliphatic rings. The molecule has 9 nitrogen and oxygen atoms in total. The Bertz CT molecular complexity index is 895. The third-order valence-corrected chi connectivity index (χ3v) is 4.47. The molecule has 0 radical (unpaired) electrons. The minimum absolute atomic E-state index is 0.203. The van der Waals surface area contributed by atoms with Crippen molar-refractivity contribution in [3.63, 3.8) is 0 Å². The van der Waals surface area contributed by atoms with E-state index in [0.717, 1.165) is 11.1 Å². The summed E-state index contributed by atoms with van der Waals surface area (Å²) in [7, 11) is 0. The Morgan fingerprint density at radius 2 is 2.19 bits per heavy atom. The number of aliphatic hydroxyl groups is 1. The van der Waals surface area contributed by atoms with Gasteiger partial charge in [-0.3, -0.25) is 9.88 Å². The molecule has 4 rings (SSSR count). The number of carbonyl (C=O) groups is 1. The predicted octanol–water partition coefficient (Wildman–Crippen LogP) is 2.64. The van der Waals surface area contributed by atoms with Crippen molar-refractivity contribution in [1.29, 1.82) is 0 Å². The zero-order chi connectivity index (χ0) is 18.1. The van der Waals surface area contributed by atoms with Gasteiger partial charge in [-0.15, -0.1) is 0 Å². The Balaban J connectivity index is 1.62. The first-order valence-electron chi connectivity index (χ1n) is 8.05. The molecular formula is C17H15N5O4. The van der Waals surface area contributed by atoms with Crippen LogP contribution in [0.1, 0.15) is 5.69 Å². The molecule has 0 bridgehead atoms. The first-order valence-corrected chi connectivity index (χ1v) is 8.05. The van der Waals surface area contributed by atoms with Crippen LogP contribution in [-0.2, 0) is 11.3 Å². The van der Waals surface area contributed by atoms with Gasteiger partial charge in [0, 0.05) is 22.4 Å². The molecule has 1 saturated heterocycles. The second-order valence-electron chi connectivity index (χ2n) is 5.96. The van der Waals surface area contributed by atoms with Crippen LogP contribution in [0, 0.1) is 0 Å². The minimum Gasteiger partial charge on any atom is -0.489 e. The number of pyridine rings is 1. The zero-order valence-electron chi connectivity index (χ0n) is 13.6. The lowest BCUT2D eigenvalue weighted by molar-refractivity contribution is 0.0734. The number of hydrogen-bond donors (Lipinski definition) is 1. The quantitative estimate of drug-likeness (QED) is 0.514. The molecule has 0 spiro atoms. The van der Waals surface area contributed by atoms with Crippen LogP contribution in [0.25, 0.3) is 21.6 Å². The molecule has 2 atom stereocenters. The molecule has 3 heterocycles. The van der Waals surface area contributed by atoms with Gasteiger partial charge in [-0.1, -0.05) is 17.2 Å². The highest BCUT2D eigenvalue weighted by Crippen LogP contribution is 2.40. The molecule has 0 unspecified atom stereocenters. The van der Waals surface area contributed by atoms with Gasteiger partial charge in [0.15, 0.2) is 6.10 Å². The number of rotatable bonds is 4. The van der Waals surface area contributed by atoms with E-state index in [9.17, 15) is 9.90 Å². The number of fused-ring (bicyclic) bond motifs is 3. The molecule has 2 aliphatic heterocycles. The van der Waals surface area contributed by atoms with Gasteiger partial charge in [0.1, 0.15) is 18.4 Å². The van der Waals surface area contributed by atoms with Gasteiger partial charge in [-0.05, 0) is 29.3 Å². The molecule has 1 fully saturated rings. The van der Waals surface area contributed by atoms with Crippen molar-refractivity contribution in [1.82, 2.24) is 4.98 Å². The number of cyclic esters (lactones) is 1. The van der Waals surface area contributed by atoms with E-state index in [1.54, 1.807) is 18.3 Å². The summed E-state index contributed by atoms with van der Waals surface area (Å²) in [5, 5.41) is 12.8. The Morgan fingerprint density at radius 3 is 2.92 bits per heavy atom. The fourth-order valence-electron chi connectivity index (χ4n) is 3.16. The van der Waals surface area contributed by atoms with Gasteiger partial charge >= 0.3 is 6.09 Å². The van der Waals surface area contributed by atoms with Crippen LogP contribution >= 0.6 is 0 Å². The zero-order valence-corrected chi connectivity index (χ0v) is 13.6. The van der Waals surface area contributed by atoms with Crippen molar-refractivity contribution in [3.8, 4) is 16.9 Å². The van der Waals surface area contributed by atoms with Crippen molar-refractivity contribution < 1.29 is 19.4 Å². The van der Waals surface area contributed by atoms with Crippen molar-refractivity contribution in [3.05, 3.63) is 52.7 Å². The summed E-state index contributed by atoms with van der Waals surface area (Å²) in [6, 6.07) is 8.86. The Kier molecular flexibility index (Phi) is 4.08. The Hall–Kier alpha value is -3.29. The maximum atomic E-state index is 12.1. The number of nitrogens with zero attached hydrogens (tertiary/aromatic N) is 5. The lowest BCUT2D eigenvalue weighted by Crippen LogP contribution is -2.45. The number of azide groups is 1. The van der Waals surface area contributed by atoms with Crippen LogP contribution in [0.4, 0.5) is 10.5 Å². The third kappa shape index (κ3) is 2.69. The SMILES string of the molecule is [N-]=[N+]=NCc1ccc(-c2ccc3c(c2)OC[C@H]2[C@H](CO)OC(=O)N32)cn1. The first kappa shape index (κ1) is 16.2. The average Bonchev–Trinajstić information content (AvgIpc) is 3.02. The monoisotopic (exact) mass is 353 g/mol. The maximum Gasteiger partial charge on any atom is 0.415 e. The Labute approximate surface area is 148 Å². The van der Waals surface area contributed by atoms with Crippen LogP contribution in [0.3, 0.4) is 0 Å². The van der Waals surface area contributed by atoms with Gasteiger partial charge in [0.25, 0.3) is 0 Å². The summed E-state index contributed by atoms with van der Waals surface area (Å²) < 4.78 is 11.0. The van der Waals surface area contributed by atoms with E-state index in [2.05, 4.69) is 15.0 Å². The van der Waals surface area contributed by atoms with E-state index in [-0.39, 0.29) is 25.8 Å². The molecule has 2 aromatic rings. The third-order valence-electron chi connectivity index (χ3n) is 4.47. The van der Waals surface area contributed by atoms with E-state index in [1.165, 1.54) is 4.90 Å². The van der Waals surface area contributed by atoms with Crippen LogP contribution in [-0.4, -0.2) is 41.5 Å². The van der Waals surface area contributed by atoms with Gasteiger partial charge in [-0.2, -0.15) is 0 Å². The molecule has 26 heavy (non-hydrogen) atoms. The van der Waals surface area contributed by atoms with Gasteiger partial charge in [-0.25, -0.2) is 4.79 Å². The van der Waals surface area contributed by atoms with E-state index >= 15 is 0 Å². The second kappa shape index (κ2) is 6.55. The molecular weight excluding hydrogens is 338 g/mol. The van der Waals surface area contributed by atoms with Crippen molar-refractivity contribution in [2.45, 2.75) is 18.7 Å². The molecule has 1 aromatic carbocycles. The lowest BCUT2D eigenvalue weighted by atomic mass is 10.0. The number of amides is 1. The van der Waals surface area contributed by atoms with Crippen LogP contribution in [0.2, 0.25) is 0 Å². The largest absolute Gasteiger partial charge is 0.489 e. The number of aliphatic hydroxyl groups excluding tert-OH is 1. The van der Waals surface area contributed by atoms with E-state index in [4.69, 9.17) is 15.0 Å². The van der Waals surface area contributed by atoms with Crippen molar-refractivity contribution in [2.75, 3.05) is 18.1 Å². The van der Waals surface area contributed by atoms with E-state index in [1.807, 2.05) is 18.2 Å². The smallest absolute Gasteiger partial charge is 0.415 e. The second-order valence-corrected chi connectivity index (χ2v) is 5.96. The van der Waals surface area contributed by atoms with Crippen LogP contribution in [0.15, 0.2) is 41.6 Å². The molecule has 0 aliphatic carbocycles. The van der Waals surface area contributed by atoms with Crippen molar-refractivity contribution in [2.24, 2.45) is 5.11 Å². The molecule has 9 heteroatoms. The summed E-state index contributed by atoms with van der Waals surface area (Å²) in [4.78, 5) is 20.6. The number of ether oxygens (including phenoxy) is 2. The minimum atomic E-state index is -0.580. The molecule has 1 amide bonds. The number of benzene rings is 1. The van der Waals surface area contributed by atoms with Gasteiger partial charge in [0.2, 0.25) is 0 Å². The molecule has 0 saturated carbocycles. The molecule has 1 aromatic heterocycles. The standard InChI is InChI=1S/C17H15N5O4/c18-21-20-7-12-3-1-11(6-19-12)10-2-4-13-15(5-10)25-9-14-16(8-23)26-17(24)22(13)14/h1-6,14,16,23H,7-9H2/t14-,16-/m0/s1. The first-order chi connectivity index (χ1) is 12.7. The van der Waals surface area contributed by atoms with Crippen LogP contribution < -0.4 is 9.64 Å². The Morgan fingerprint density at radius 1 is 1.35 bits per heavy atom. The number of carbonyl (C=O) groups excluding carboxylic acids is 1. The fraction of sp³-hybridized carbons (Fsp3) is 0.294. The summed E-state index contributed by atoms with van der Waals surface area (Å²) in [6.45, 7) is 0.225. The normalized spacial score (nSPS) is 20.5. The number of aromatic nitrogens is 1. The fourth-order valence-corrected chi connectivity index (χ4v) is 3.16. The number of anilines is 1. The summed E-state index contributed by atoms with van der Waals surface area (Å²) in [6.07, 6.45) is 0.639. The van der Waals surface area contributed by atoms with E-state index in [0.29, 0.717) is 17.1 Å². The average molecular weight is 353 g/mol. The maximum absolute atomic E-state index is 12.1. The molecule has 1 N–H and O–H groups in total.